The molecule has 5 heteroatoms. The highest BCUT2D eigenvalue weighted by molar-refractivity contribution is 6.36. The fraction of sp³-hybridized carbons (Fsp3) is 0. The summed E-state index contributed by atoms with van der Waals surface area (Å²) < 4.78 is 0. The number of benzene rings is 2. The van der Waals surface area contributed by atoms with Crippen molar-refractivity contribution in [1.29, 1.82) is 0 Å². The van der Waals surface area contributed by atoms with E-state index in [1.807, 2.05) is 36.4 Å². The molecule has 3 aromatic rings. The largest absolute Gasteiger partial charge is 0.357 e. The van der Waals surface area contributed by atoms with Gasteiger partial charge in [-0.05, 0) is 30.3 Å². The third-order valence-electron chi connectivity index (χ3n) is 3.20. The van der Waals surface area contributed by atoms with Crippen molar-refractivity contribution in [3.8, 4) is 11.1 Å². The first-order valence-corrected chi connectivity index (χ1v) is 7.39. The van der Waals surface area contributed by atoms with Crippen LogP contribution < -0.4 is 5.32 Å². The first-order valence-electron chi connectivity index (χ1n) is 6.64. The fourth-order valence-corrected chi connectivity index (χ4v) is 2.64. The van der Waals surface area contributed by atoms with Crippen molar-refractivity contribution in [2.45, 2.75) is 0 Å². The van der Waals surface area contributed by atoms with Gasteiger partial charge in [0.2, 0.25) is 0 Å². The summed E-state index contributed by atoms with van der Waals surface area (Å²) in [5.74, 6) is -0.206. The van der Waals surface area contributed by atoms with Crippen LogP contribution in [-0.2, 0) is 0 Å². The van der Waals surface area contributed by atoms with Crippen LogP contribution in [0.1, 0.15) is 10.5 Å². The zero-order chi connectivity index (χ0) is 15.5. The van der Waals surface area contributed by atoms with Gasteiger partial charge in [0.25, 0.3) is 5.91 Å². The van der Waals surface area contributed by atoms with Crippen molar-refractivity contribution in [3.05, 3.63) is 76.5 Å². The van der Waals surface area contributed by atoms with Gasteiger partial charge >= 0.3 is 0 Å². The monoisotopic (exact) mass is 330 g/mol. The lowest BCUT2D eigenvalue weighted by Gasteiger charge is -2.03. The number of rotatable bonds is 3. The number of nitrogens with one attached hydrogen (secondary N) is 2. The van der Waals surface area contributed by atoms with Crippen LogP contribution in [0.4, 0.5) is 5.69 Å². The quantitative estimate of drug-likeness (QED) is 0.677. The molecule has 22 heavy (non-hydrogen) atoms. The van der Waals surface area contributed by atoms with Crippen LogP contribution in [0.2, 0.25) is 10.0 Å². The number of hydrogen-bond donors (Lipinski definition) is 2. The lowest BCUT2D eigenvalue weighted by molar-refractivity contribution is 0.102. The van der Waals surface area contributed by atoms with Crippen LogP contribution in [-0.4, -0.2) is 10.9 Å². The fourth-order valence-electron chi connectivity index (χ4n) is 2.12. The van der Waals surface area contributed by atoms with E-state index in [4.69, 9.17) is 23.2 Å². The Balaban J connectivity index is 1.83. The summed E-state index contributed by atoms with van der Waals surface area (Å²) in [6.07, 6.45) is 1.75. The molecular formula is C17H12Cl2N2O. The van der Waals surface area contributed by atoms with Crippen molar-refractivity contribution in [3.63, 3.8) is 0 Å². The highest BCUT2D eigenvalue weighted by atomic mass is 35.5. The molecule has 0 aliphatic carbocycles. The minimum absolute atomic E-state index is 0.206. The van der Waals surface area contributed by atoms with E-state index in [0.29, 0.717) is 15.7 Å². The third-order valence-corrected chi connectivity index (χ3v) is 3.75. The predicted octanol–water partition coefficient (Wildman–Crippen LogP) is 5.24. The van der Waals surface area contributed by atoms with Crippen molar-refractivity contribution < 1.29 is 4.79 Å². The van der Waals surface area contributed by atoms with E-state index in [-0.39, 0.29) is 5.91 Å². The molecule has 0 aliphatic heterocycles. The van der Waals surface area contributed by atoms with Crippen molar-refractivity contribution >= 4 is 34.8 Å². The summed E-state index contributed by atoms with van der Waals surface area (Å²) in [5, 5.41) is 3.94. The molecule has 1 amide bonds. The lowest BCUT2D eigenvalue weighted by Crippen LogP contribution is -2.11. The Bertz CT molecular complexity index is 813. The molecule has 3 nitrogen and oxygen atoms in total. The van der Waals surface area contributed by atoms with Crippen molar-refractivity contribution in [2.24, 2.45) is 0 Å². The maximum Gasteiger partial charge on any atom is 0.272 e. The Morgan fingerprint density at radius 3 is 2.50 bits per heavy atom. The molecule has 0 radical (unpaired) electrons. The first kappa shape index (κ1) is 14.7. The Kier molecular flexibility index (Phi) is 4.18. The summed E-state index contributed by atoms with van der Waals surface area (Å²) in [6, 6.07) is 16.3. The second-order valence-electron chi connectivity index (χ2n) is 4.75. The Morgan fingerprint density at radius 2 is 1.77 bits per heavy atom. The number of carbonyl (C=O) groups is 1. The molecule has 0 fully saturated rings. The van der Waals surface area contributed by atoms with Gasteiger partial charge in [0, 0.05) is 33.1 Å². The molecule has 0 saturated carbocycles. The summed E-state index contributed by atoms with van der Waals surface area (Å²) in [5.41, 5.74) is 2.86. The van der Waals surface area contributed by atoms with Gasteiger partial charge in [-0.25, -0.2) is 0 Å². The van der Waals surface area contributed by atoms with Crippen LogP contribution in [0.5, 0.6) is 0 Å². The van der Waals surface area contributed by atoms with Gasteiger partial charge in [0.05, 0.1) is 0 Å². The molecule has 0 bridgehead atoms. The van der Waals surface area contributed by atoms with E-state index in [9.17, 15) is 4.79 Å². The van der Waals surface area contributed by atoms with E-state index >= 15 is 0 Å². The molecule has 1 heterocycles. The normalized spacial score (nSPS) is 10.5. The highest BCUT2D eigenvalue weighted by Crippen LogP contribution is 2.30. The van der Waals surface area contributed by atoms with E-state index < -0.39 is 0 Å². The first-order chi connectivity index (χ1) is 10.6. The SMILES string of the molecule is O=C(Nc1ccccc1)c1cc(-c2ccc(Cl)cc2Cl)c[nH]1. The van der Waals surface area contributed by atoms with Gasteiger partial charge in [0.15, 0.2) is 0 Å². The molecule has 2 aromatic carbocycles. The van der Waals surface area contributed by atoms with Gasteiger partial charge in [0.1, 0.15) is 5.69 Å². The Labute approximate surface area is 137 Å². The van der Waals surface area contributed by atoms with Crippen LogP contribution in [0, 0.1) is 0 Å². The number of carbonyl (C=O) groups excluding carboxylic acids is 1. The smallest absolute Gasteiger partial charge is 0.272 e. The molecular weight excluding hydrogens is 319 g/mol. The van der Waals surface area contributed by atoms with Crippen LogP contribution in [0.25, 0.3) is 11.1 Å². The number of halogens is 2. The predicted molar refractivity (Wildman–Crippen MR) is 90.6 cm³/mol. The Morgan fingerprint density at radius 1 is 1.00 bits per heavy atom. The standard InChI is InChI=1S/C17H12Cl2N2O/c18-12-6-7-14(15(19)9-12)11-8-16(20-10-11)17(22)21-13-4-2-1-3-5-13/h1-10,20H,(H,21,22). The maximum atomic E-state index is 12.2. The van der Waals surface area contributed by atoms with Gasteiger partial charge in [-0.15, -0.1) is 0 Å². The molecule has 2 N–H and O–H groups in total. The van der Waals surface area contributed by atoms with Crippen LogP contribution in [0.15, 0.2) is 60.8 Å². The second kappa shape index (κ2) is 6.26. The zero-order valence-corrected chi connectivity index (χ0v) is 12.9. The molecule has 110 valence electrons. The van der Waals surface area contributed by atoms with E-state index in [0.717, 1.165) is 16.8 Å². The number of aromatic amines is 1. The Hall–Kier alpha value is -2.23. The lowest BCUT2D eigenvalue weighted by atomic mass is 10.1. The van der Waals surface area contributed by atoms with Gasteiger partial charge in [-0.2, -0.15) is 0 Å². The van der Waals surface area contributed by atoms with E-state index in [1.165, 1.54) is 0 Å². The van der Waals surface area contributed by atoms with Crippen LogP contribution >= 0.6 is 23.2 Å². The minimum Gasteiger partial charge on any atom is -0.357 e. The third kappa shape index (κ3) is 3.16. The topological polar surface area (TPSA) is 44.9 Å². The van der Waals surface area contributed by atoms with E-state index in [1.54, 1.807) is 24.4 Å². The summed E-state index contributed by atoms with van der Waals surface area (Å²) in [6.45, 7) is 0. The molecule has 0 atom stereocenters. The number of amides is 1. The summed E-state index contributed by atoms with van der Waals surface area (Å²) in [4.78, 5) is 15.2. The molecule has 0 unspecified atom stereocenters. The van der Waals surface area contributed by atoms with Crippen LogP contribution in [0.3, 0.4) is 0 Å². The number of para-hydroxylation sites is 1. The average molecular weight is 331 g/mol. The molecule has 0 spiro atoms. The van der Waals surface area contributed by atoms with Crippen molar-refractivity contribution in [1.82, 2.24) is 4.98 Å². The summed E-state index contributed by atoms with van der Waals surface area (Å²) >= 11 is 12.1. The van der Waals surface area contributed by atoms with Gasteiger partial charge in [-0.1, -0.05) is 47.5 Å². The maximum absolute atomic E-state index is 12.2. The van der Waals surface area contributed by atoms with Gasteiger partial charge in [-0.3, -0.25) is 4.79 Å². The average Bonchev–Trinajstić information content (AvgIpc) is 2.98. The number of anilines is 1. The molecule has 1 aromatic heterocycles. The molecule has 3 rings (SSSR count). The molecule has 0 saturated heterocycles. The zero-order valence-electron chi connectivity index (χ0n) is 11.4. The molecule has 0 aliphatic rings. The number of H-pyrrole nitrogens is 1. The highest BCUT2D eigenvalue weighted by Gasteiger charge is 2.11. The van der Waals surface area contributed by atoms with E-state index in [2.05, 4.69) is 10.3 Å². The minimum atomic E-state index is -0.206. The number of hydrogen-bond acceptors (Lipinski definition) is 1. The second-order valence-corrected chi connectivity index (χ2v) is 5.59. The van der Waals surface area contributed by atoms with Crippen molar-refractivity contribution in [2.75, 3.05) is 5.32 Å². The number of aromatic nitrogens is 1. The summed E-state index contributed by atoms with van der Waals surface area (Å²) in [7, 11) is 0. The van der Waals surface area contributed by atoms with Gasteiger partial charge < -0.3 is 10.3 Å².